The van der Waals surface area contributed by atoms with Gasteiger partial charge >= 0.3 is 0 Å². The van der Waals surface area contributed by atoms with E-state index in [1.165, 1.54) is 0 Å². The molecule has 0 spiro atoms. The summed E-state index contributed by atoms with van der Waals surface area (Å²) in [6.45, 7) is 0.937. The molecule has 2 nitrogen and oxygen atoms in total. The second kappa shape index (κ2) is 3.92. The molecule has 5 heteroatoms. The van der Waals surface area contributed by atoms with E-state index in [9.17, 15) is 8.78 Å². The van der Waals surface area contributed by atoms with Crippen molar-refractivity contribution in [3.8, 4) is 0 Å². The minimum atomic E-state index is -0.901. The lowest BCUT2D eigenvalue weighted by Crippen LogP contribution is -2.01. The number of rotatable bonds is 1. The smallest absolute Gasteiger partial charge is 0.185 e. The lowest BCUT2D eigenvalue weighted by Gasteiger charge is -2.11. The van der Waals surface area contributed by atoms with E-state index in [0.29, 0.717) is 23.2 Å². The van der Waals surface area contributed by atoms with Gasteiger partial charge in [-0.1, -0.05) is 15.9 Å². The first-order chi connectivity index (χ1) is 6.68. The molecule has 0 bridgehead atoms. The molecular weight excluding hydrogens is 258 g/mol. The fourth-order valence-electron chi connectivity index (χ4n) is 1.26. The summed E-state index contributed by atoms with van der Waals surface area (Å²) >= 11 is 3.12. The third-order valence-corrected chi connectivity index (χ3v) is 2.60. The number of ether oxygens (including phenoxy) is 2. The predicted molar refractivity (Wildman–Crippen MR) is 48.7 cm³/mol. The highest BCUT2D eigenvalue weighted by atomic mass is 79.9. The van der Waals surface area contributed by atoms with E-state index in [-0.39, 0.29) is 0 Å². The Hall–Kier alpha value is -0.520. The van der Waals surface area contributed by atoms with Crippen molar-refractivity contribution in [1.29, 1.82) is 0 Å². The van der Waals surface area contributed by atoms with Crippen molar-refractivity contribution in [2.45, 2.75) is 6.29 Å². The lowest BCUT2D eigenvalue weighted by molar-refractivity contribution is -0.0448. The van der Waals surface area contributed by atoms with Gasteiger partial charge in [-0.2, -0.15) is 0 Å². The van der Waals surface area contributed by atoms with Crippen molar-refractivity contribution >= 4 is 15.9 Å². The summed E-state index contributed by atoms with van der Waals surface area (Å²) in [5.74, 6) is -1.79. The fraction of sp³-hybridized carbons (Fsp3) is 0.333. The van der Waals surface area contributed by atoms with Crippen molar-refractivity contribution in [2.75, 3.05) is 13.2 Å². The molecule has 0 N–H and O–H groups in total. The molecule has 0 radical (unpaired) electrons. The molecule has 1 aromatic carbocycles. The van der Waals surface area contributed by atoms with Crippen molar-refractivity contribution in [2.24, 2.45) is 0 Å². The lowest BCUT2D eigenvalue weighted by atomic mass is 10.2. The van der Waals surface area contributed by atoms with E-state index < -0.39 is 17.9 Å². The average Bonchev–Trinajstić information content (AvgIpc) is 2.64. The van der Waals surface area contributed by atoms with E-state index in [1.807, 2.05) is 0 Å². The summed E-state index contributed by atoms with van der Waals surface area (Å²) < 4.78 is 36.5. The molecule has 1 fully saturated rings. The van der Waals surface area contributed by atoms with Crippen LogP contribution in [-0.2, 0) is 9.47 Å². The standard InChI is InChI=1S/C9H7BrF2O2/c10-6-4-8(12)7(11)3-5(6)9-13-1-2-14-9/h3-4,9H,1-2H2. The first kappa shape index (κ1) is 10.0. The molecule has 0 aromatic heterocycles. The Balaban J connectivity index is 2.37. The normalized spacial score (nSPS) is 17.6. The van der Waals surface area contributed by atoms with Crippen LogP contribution in [0.25, 0.3) is 0 Å². The molecule has 14 heavy (non-hydrogen) atoms. The maximum absolute atomic E-state index is 12.9. The second-order valence-electron chi connectivity index (χ2n) is 2.86. The first-order valence-corrected chi connectivity index (χ1v) is 4.85. The summed E-state index contributed by atoms with van der Waals surface area (Å²) in [4.78, 5) is 0. The number of hydrogen-bond donors (Lipinski definition) is 0. The van der Waals surface area contributed by atoms with E-state index in [1.54, 1.807) is 0 Å². The van der Waals surface area contributed by atoms with Crippen LogP contribution in [-0.4, -0.2) is 13.2 Å². The van der Waals surface area contributed by atoms with Crippen LogP contribution in [0.2, 0.25) is 0 Å². The molecule has 76 valence electrons. The third kappa shape index (κ3) is 1.80. The maximum atomic E-state index is 12.9. The number of hydrogen-bond acceptors (Lipinski definition) is 2. The largest absolute Gasteiger partial charge is 0.346 e. The summed E-state index contributed by atoms with van der Waals surface area (Å²) in [7, 11) is 0. The molecule has 0 aliphatic carbocycles. The first-order valence-electron chi connectivity index (χ1n) is 4.06. The average molecular weight is 265 g/mol. The minimum absolute atomic E-state index is 0.448. The van der Waals surface area contributed by atoms with Gasteiger partial charge in [0, 0.05) is 10.0 Å². The monoisotopic (exact) mass is 264 g/mol. The van der Waals surface area contributed by atoms with Crippen LogP contribution in [0.1, 0.15) is 11.9 Å². The van der Waals surface area contributed by atoms with Gasteiger partial charge in [-0.05, 0) is 12.1 Å². The van der Waals surface area contributed by atoms with Crippen LogP contribution in [0.4, 0.5) is 8.78 Å². The highest BCUT2D eigenvalue weighted by molar-refractivity contribution is 9.10. The molecule has 1 aromatic rings. The second-order valence-corrected chi connectivity index (χ2v) is 3.72. The van der Waals surface area contributed by atoms with Crippen LogP contribution in [0.15, 0.2) is 16.6 Å². The molecule has 0 unspecified atom stereocenters. The Kier molecular flexibility index (Phi) is 2.80. The third-order valence-electron chi connectivity index (χ3n) is 1.92. The van der Waals surface area contributed by atoms with Crippen LogP contribution in [0.3, 0.4) is 0 Å². The van der Waals surface area contributed by atoms with Crippen LogP contribution < -0.4 is 0 Å². The Labute approximate surface area is 87.9 Å². The van der Waals surface area contributed by atoms with Crippen molar-refractivity contribution in [1.82, 2.24) is 0 Å². The zero-order chi connectivity index (χ0) is 10.1. The van der Waals surface area contributed by atoms with E-state index in [2.05, 4.69) is 15.9 Å². The van der Waals surface area contributed by atoms with Crippen molar-refractivity contribution in [3.63, 3.8) is 0 Å². The molecule has 1 aliphatic heterocycles. The highest BCUT2D eigenvalue weighted by Crippen LogP contribution is 2.31. The zero-order valence-corrected chi connectivity index (χ0v) is 8.68. The quantitative estimate of drug-likeness (QED) is 0.727. The summed E-state index contributed by atoms with van der Waals surface area (Å²) in [5.41, 5.74) is 0.474. The predicted octanol–water partition coefficient (Wildman–Crippen LogP) is 2.77. The molecule has 2 rings (SSSR count). The summed E-state index contributed by atoms with van der Waals surface area (Å²) in [5, 5.41) is 0. The molecule has 1 aliphatic rings. The molecule has 0 atom stereocenters. The van der Waals surface area contributed by atoms with Gasteiger partial charge in [0.05, 0.1) is 13.2 Å². The minimum Gasteiger partial charge on any atom is -0.346 e. The Morgan fingerprint density at radius 1 is 1.14 bits per heavy atom. The van der Waals surface area contributed by atoms with Crippen molar-refractivity contribution < 1.29 is 18.3 Å². The van der Waals surface area contributed by atoms with Gasteiger partial charge in [-0.3, -0.25) is 0 Å². The highest BCUT2D eigenvalue weighted by Gasteiger charge is 2.22. The van der Waals surface area contributed by atoms with Gasteiger partial charge in [0.25, 0.3) is 0 Å². The number of benzene rings is 1. The number of halogens is 3. The van der Waals surface area contributed by atoms with Crippen LogP contribution >= 0.6 is 15.9 Å². The zero-order valence-electron chi connectivity index (χ0n) is 7.10. The SMILES string of the molecule is Fc1cc(Br)c(C2OCCO2)cc1F. The Bertz CT molecular complexity index is 351. The van der Waals surface area contributed by atoms with E-state index >= 15 is 0 Å². The molecule has 0 amide bonds. The van der Waals surface area contributed by atoms with E-state index in [4.69, 9.17) is 9.47 Å². The van der Waals surface area contributed by atoms with Gasteiger partial charge in [0.15, 0.2) is 17.9 Å². The Morgan fingerprint density at radius 2 is 1.71 bits per heavy atom. The van der Waals surface area contributed by atoms with Gasteiger partial charge in [0.1, 0.15) is 0 Å². The van der Waals surface area contributed by atoms with Crippen molar-refractivity contribution in [3.05, 3.63) is 33.8 Å². The van der Waals surface area contributed by atoms with Gasteiger partial charge in [-0.25, -0.2) is 8.78 Å². The Morgan fingerprint density at radius 3 is 2.36 bits per heavy atom. The van der Waals surface area contributed by atoms with Gasteiger partial charge < -0.3 is 9.47 Å². The summed E-state index contributed by atoms with van der Waals surface area (Å²) in [6.07, 6.45) is -0.598. The summed E-state index contributed by atoms with van der Waals surface area (Å²) in [6, 6.07) is 2.14. The van der Waals surface area contributed by atoms with Gasteiger partial charge in [-0.15, -0.1) is 0 Å². The fourth-order valence-corrected chi connectivity index (χ4v) is 1.76. The van der Waals surface area contributed by atoms with Gasteiger partial charge in [0.2, 0.25) is 0 Å². The maximum Gasteiger partial charge on any atom is 0.185 e. The topological polar surface area (TPSA) is 18.5 Å². The molecule has 1 saturated heterocycles. The molecule has 1 heterocycles. The van der Waals surface area contributed by atoms with Crippen LogP contribution in [0.5, 0.6) is 0 Å². The molecular formula is C9H7BrF2O2. The molecule has 0 saturated carbocycles. The van der Waals surface area contributed by atoms with E-state index in [0.717, 1.165) is 12.1 Å². The van der Waals surface area contributed by atoms with Crippen LogP contribution in [0, 0.1) is 11.6 Å².